The molecule has 0 saturated heterocycles. The second-order valence-electron chi connectivity index (χ2n) is 3.29. The van der Waals surface area contributed by atoms with Crippen molar-refractivity contribution in [1.82, 2.24) is 5.32 Å². The summed E-state index contributed by atoms with van der Waals surface area (Å²) in [6, 6.07) is 8.07. The summed E-state index contributed by atoms with van der Waals surface area (Å²) in [6.45, 7) is 5.17. The lowest BCUT2D eigenvalue weighted by atomic mass is 10.1. The van der Waals surface area contributed by atoms with Crippen LogP contribution >= 0.6 is 11.6 Å². The number of rotatable bonds is 6. The van der Waals surface area contributed by atoms with E-state index in [1.165, 1.54) is 5.56 Å². The average Bonchev–Trinajstić information content (AvgIpc) is 2.25. The van der Waals surface area contributed by atoms with Crippen LogP contribution in [0.2, 0.25) is 0 Å². The number of hydrogen-bond donors (Lipinski definition) is 1. The number of halogens is 1. The maximum atomic E-state index is 5.63. The third kappa shape index (κ3) is 4.86. The highest BCUT2D eigenvalue weighted by Crippen LogP contribution is 2.11. The lowest BCUT2D eigenvalue weighted by Gasteiger charge is -2.04. The molecular formula is C12H16ClNO. The molecule has 0 heterocycles. The van der Waals surface area contributed by atoms with Crippen LogP contribution in [0.4, 0.5) is 0 Å². The Balaban J connectivity index is 2.28. The van der Waals surface area contributed by atoms with E-state index in [0.717, 1.165) is 18.7 Å². The van der Waals surface area contributed by atoms with Crippen molar-refractivity contribution >= 4 is 11.6 Å². The Morgan fingerprint density at radius 3 is 2.60 bits per heavy atom. The fourth-order valence-corrected chi connectivity index (χ4v) is 1.34. The summed E-state index contributed by atoms with van der Waals surface area (Å²) in [4.78, 5) is 0. The van der Waals surface area contributed by atoms with Gasteiger partial charge in [0.15, 0.2) is 0 Å². The fourth-order valence-electron chi connectivity index (χ4n) is 1.25. The van der Waals surface area contributed by atoms with Gasteiger partial charge in [-0.2, -0.15) is 0 Å². The van der Waals surface area contributed by atoms with Crippen molar-refractivity contribution < 1.29 is 4.74 Å². The Bertz CT molecular complexity index is 308. The summed E-state index contributed by atoms with van der Waals surface area (Å²) < 4.78 is 5.08. The molecule has 1 N–H and O–H groups in total. The van der Waals surface area contributed by atoms with Gasteiger partial charge in [-0.15, -0.1) is 0 Å². The summed E-state index contributed by atoms with van der Waals surface area (Å²) in [7, 11) is 1.67. The van der Waals surface area contributed by atoms with Gasteiger partial charge in [0.05, 0.1) is 7.11 Å². The SMILES string of the molecule is C=C(Cl)CNCCc1ccc(OC)cc1. The van der Waals surface area contributed by atoms with Crippen LogP contribution in [0.3, 0.4) is 0 Å². The molecule has 3 heteroatoms. The van der Waals surface area contributed by atoms with Gasteiger partial charge in [-0.1, -0.05) is 30.3 Å². The highest BCUT2D eigenvalue weighted by Gasteiger charge is 1.94. The predicted octanol–water partition coefficient (Wildman–Crippen LogP) is 2.58. The van der Waals surface area contributed by atoms with E-state index in [1.54, 1.807) is 7.11 Å². The smallest absolute Gasteiger partial charge is 0.118 e. The summed E-state index contributed by atoms with van der Waals surface area (Å²) in [6.07, 6.45) is 0.980. The standard InChI is InChI=1S/C12H16ClNO/c1-10(13)9-14-8-7-11-3-5-12(15-2)6-4-11/h3-6,14H,1,7-9H2,2H3. The van der Waals surface area contributed by atoms with E-state index < -0.39 is 0 Å². The van der Waals surface area contributed by atoms with E-state index in [2.05, 4.69) is 24.0 Å². The number of methoxy groups -OCH3 is 1. The Morgan fingerprint density at radius 1 is 1.40 bits per heavy atom. The average molecular weight is 226 g/mol. The molecule has 1 aromatic carbocycles. The van der Waals surface area contributed by atoms with Crippen molar-refractivity contribution in [3.05, 3.63) is 41.4 Å². The third-order valence-corrected chi connectivity index (χ3v) is 2.20. The van der Waals surface area contributed by atoms with Gasteiger partial charge in [0.25, 0.3) is 0 Å². The zero-order valence-electron chi connectivity index (χ0n) is 8.92. The lowest BCUT2D eigenvalue weighted by Crippen LogP contribution is -2.18. The Morgan fingerprint density at radius 2 is 2.07 bits per heavy atom. The fraction of sp³-hybridized carbons (Fsp3) is 0.333. The molecule has 0 spiro atoms. The number of benzene rings is 1. The molecule has 0 aromatic heterocycles. The first kappa shape index (κ1) is 12.1. The van der Waals surface area contributed by atoms with Gasteiger partial charge in [0.2, 0.25) is 0 Å². The van der Waals surface area contributed by atoms with Crippen molar-refractivity contribution in [3.63, 3.8) is 0 Å². The van der Waals surface area contributed by atoms with Crippen molar-refractivity contribution in [1.29, 1.82) is 0 Å². The first-order valence-corrected chi connectivity index (χ1v) is 5.27. The highest BCUT2D eigenvalue weighted by atomic mass is 35.5. The zero-order chi connectivity index (χ0) is 11.1. The first-order chi connectivity index (χ1) is 7.22. The van der Waals surface area contributed by atoms with Crippen LogP contribution in [-0.4, -0.2) is 20.2 Å². The van der Waals surface area contributed by atoms with Gasteiger partial charge >= 0.3 is 0 Å². The second-order valence-corrected chi connectivity index (χ2v) is 3.83. The van der Waals surface area contributed by atoms with Crippen LogP contribution in [-0.2, 0) is 6.42 Å². The molecule has 0 atom stereocenters. The molecule has 0 radical (unpaired) electrons. The van der Waals surface area contributed by atoms with E-state index in [-0.39, 0.29) is 0 Å². The number of nitrogens with one attached hydrogen (secondary N) is 1. The maximum absolute atomic E-state index is 5.63. The van der Waals surface area contributed by atoms with Crippen LogP contribution in [0.25, 0.3) is 0 Å². The Kier molecular flexibility index (Phi) is 5.22. The van der Waals surface area contributed by atoms with Crippen LogP contribution < -0.4 is 10.1 Å². The molecule has 82 valence electrons. The van der Waals surface area contributed by atoms with Crippen LogP contribution in [0.15, 0.2) is 35.9 Å². The molecule has 0 amide bonds. The Hall–Kier alpha value is -0.990. The second kappa shape index (κ2) is 6.49. The molecule has 0 bridgehead atoms. The van der Waals surface area contributed by atoms with Gasteiger partial charge in [-0.05, 0) is 30.7 Å². The molecule has 0 aliphatic heterocycles. The molecule has 0 unspecified atom stereocenters. The normalized spacial score (nSPS) is 10.0. The molecule has 0 aliphatic carbocycles. The summed E-state index contributed by atoms with van der Waals surface area (Å²) in [5.41, 5.74) is 1.28. The van der Waals surface area contributed by atoms with Gasteiger partial charge in [-0.25, -0.2) is 0 Å². The van der Waals surface area contributed by atoms with E-state index in [9.17, 15) is 0 Å². The van der Waals surface area contributed by atoms with E-state index >= 15 is 0 Å². The van der Waals surface area contributed by atoms with E-state index in [4.69, 9.17) is 16.3 Å². The van der Waals surface area contributed by atoms with Crippen molar-refractivity contribution in [2.45, 2.75) is 6.42 Å². The lowest BCUT2D eigenvalue weighted by molar-refractivity contribution is 0.414. The predicted molar refractivity (Wildman–Crippen MR) is 64.6 cm³/mol. The first-order valence-electron chi connectivity index (χ1n) is 4.89. The van der Waals surface area contributed by atoms with E-state index in [1.807, 2.05) is 12.1 Å². The Labute approximate surface area is 95.9 Å². The van der Waals surface area contributed by atoms with Gasteiger partial charge in [-0.3, -0.25) is 0 Å². The monoisotopic (exact) mass is 225 g/mol. The highest BCUT2D eigenvalue weighted by molar-refractivity contribution is 6.29. The zero-order valence-corrected chi connectivity index (χ0v) is 9.68. The van der Waals surface area contributed by atoms with Crippen LogP contribution in [0.5, 0.6) is 5.75 Å². The van der Waals surface area contributed by atoms with Gasteiger partial charge in [0, 0.05) is 11.6 Å². The summed E-state index contributed by atoms with van der Waals surface area (Å²) in [5, 5.41) is 3.84. The summed E-state index contributed by atoms with van der Waals surface area (Å²) >= 11 is 5.63. The topological polar surface area (TPSA) is 21.3 Å². The molecule has 0 saturated carbocycles. The minimum atomic E-state index is 0.643. The minimum Gasteiger partial charge on any atom is -0.497 e. The molecule has 1 aromatic rings. The summed E-state index contributed by atoms with van der Waals surface area (Å²) in [5.74, 6) is 0.890. The number of hydrogen-bond acceptors (Lipinski definition) is 2. The van der Waals surface area contributed by atoms with Crippen LogP contribution in [0, 0.1) is 0 Å². The molecule has 1 rings (SSSR count). The quantitative estimate of drug-likeness (QED) is 0.752. The minimum absolute atomic E-state index is 0.643. The van der Waals surface area contributed by atoms with Crippen molar-refractivity contribution in [3.8, 4) is 5.75 Å². The molecule has 15 heavy (non-hydrogen) atoms. The molecule has 0 fully saturated rings. The van der Waals surface area contributed by atoms with Gasteiger partial charge in [0.1, 0.15) is 5.75 Å². The maximum Gasteiger partial charge on any atom is 0.118 e. The van der Waals surface area contributed by atoms with Crippen LogP contribution in [0.1, 0.15) is 5.56 Å². The molecule has 0 aliphatic rings. The van der Waals surface area contributed by atoms with Crippen molar-refractivity contribution in [2.75, 3.05) is 20.2 Å². The number of ether oxygens (including phenoxy) is 1. The molecular weight excluding hydrogens is 210 g/mol. The largest absolute Gasteiger partial charge is 0.497 e. The molecule has 2 nitrogen and oxygen atoms in total. The third-order valence-electron chi connectivity index (χ3n) is 2.07. The van der Waals surface area contributed by atoms with Crippen molar-refractivity contribution in [2.24, 2.45) is 0 Å². The van der Waals surface area contributed by atoms with Gasteiger partial charge < -0.3 is 10.1 Å². The van der Waals surface area contributed by atoms with E-state index in [0.29, 0.717) is 11.6 Å².